The Balaban J connectivity index is 2.75. The van der Waals surface area contributed by atoms with E-state index in [4.69, 9.17) is 5.53 Å². The predicted molar refractivity (Wildman–Crippen MR) is 49.8 cm³/mol. The van der Waals surface area contributed by atoms with Gasteiger partial charge in [0.1, 0.15) is 6.10 Å². The Morgan fingerprint density at radius 2 is 2.40 bits per heavy atom. The molecule has 0 bridgehead atoms. The van der Waals surface area contributed by atoms with Crippen LogP contribution in [0, 0.1) is 0 Å². The molecule has 1 aromatic heterocycles. The highest BCUT2D eigenvalue weighted by molar-refractivity contribution is 5.08. The second-order valence-corrected chi connectivity index (χ2v) is 2.78. The standard InChI is InChI=1S/C7H9N5O3/c8-12-11-3-5(13)6(14)4-1-9-7(15)10-2-4/h1-2,5-6,13-14H,3H2,(H,9,10,15). The summed E-state index contributed by atoms with van der Waals surface area (Å²) in [5.41, 5.74) is 7.71. The number of hydrogen-bond acceptors (Lipinski definition) is 5. The van der Waals surface area contributed by atoms with Gasteiger partial charge in [0.2, 0.25) is 0 Å². The number of H-pyrrole nitrogens is 1. The normalized spacial score (nSPS) is 14.0. The maximum atomic E-state index is 10.6. The summed E-state index contributed by atoms with van der Waals surface area (Å²) in [5, 5.41) is 22.0. The number of azide groups is 1. The molecule has 0 radical (unpaired) electrons. The van der Waals surface area contributed by atoms with Crippen LogP contribution in [0.4, 0.5) is 0 Å². The quantitative estimate of drug-likeness (QED) is 0.350. The Hall–Kier alpha value is -1.89. The van der Waals surface area contributed by atoms with Crippen molar-refractivity contribution in [2.75, 3.05) is 6.54 Å². The van der Waals surface area contributed by atoms with Gasteiger partial charge in [-0.15, -0.1) is 0 Å². The highest BCUT2D eigenvalue weighted by atomic mass is 16.3. The van der Waals surface area contributed by atoms with Crippen LogP contribution in [-0.2, 0) is 0 Å². The van der Waals surface area contributed by atoms with Crippen LogP contribution in [0.2, 0.25) is 0 Å². The van der Waals surface area contributed by atoms with Crippen molar-refractivity contribution in [1.82, 2.24) is 9.97 Å². The van der Waals surface area contributed by atoms with Crippen LogP contribution >= 0.6 is 0 Å². The minimum atomic E-state index is -1.25. The SMILES string of the molecule is [N-]=[N+]=NCC(O)C(O)c1cnc(=O)[nH]c1. The molecule has 0 amide bonds. The van der Waals surface area contributed by atoms with Crippen molar-refractivity contribution < 1.29 is 10.2 Å². The minimum absolute atomic E-state index is 0.246. The number of aliphatic hydroxyl groups is 2. The van der Waals surface area contributed by atoms with Crippen LogP contribution in [0.15, 0.2) is 22.3 Å². The lowest BCUT2D eigenvalue weighted by atomic mass is 10.1. The monoisotopic (exact) mass is 211 g/mol. The van der Waals surface area contributed by atoms with E-state index in [1.54, 1.807) is 0 Å². The van der Waals surface area contributed by atoms with Crippen LogP contribution in [0.3, 0.4) is 0 Å². The van der Waals surface area contributed by atoms with Gasteiger partial charge in [-0.2, -0.15) is 0 Å². The van der Waals surface area contributed by atoms with Crippen LogP contribution in [0.25, 0.3) is 10.4 Å². The van der Waals surface area contributed by atoms with Gasteiger partial charge in [0.05, 0.1) is 12.6 Å². The largest absolute Gasteiger partial charge is 0.390 e. The average Bonchev–Trinajstić information content (AvgIpc) is 2.26. The molecule has 3 N–H and O–H groups in total. The van der Waals surface area contributed by atoms with Crippen molar-refractivity contribution >= 4 is 0 Å². The maximum absolute atomic E-state index is 10.6. The Labute approximate surface area is 83.8 Å². The molecule has 1 aromatic rings. The fraction of sp³-hybridized carbons (Fsp3) is 0.429. The van der Waals surface area contributed by atoms with Gasteiger partial charge in [-0.25, -0.2) is 9.78 Å². The van der Waals surface area contributed by atoms with E-state index in [9.17, 15) is 15.0 Å². The fourth-order valence-corrected chi connectivity index (χ4v) is 0.957. The second kappa shape index (κ2) is 5.11. The zero-order valence-electron chi connectivity index (χ0n) is 7.61. The number of aromatic nitrogens is 2. The summed E-state index contributed by atoms with van der Waals surface area (Å²) in [6.07, 6.45) is -0.101. The lowest BCUT2D eigenvalue weighted by Gasteiger charge is -2.14. The topological polar surface area (TPSA) is 135 Å². The maximum Gasteiger partial charge on any atom is 0.344 e. The van der Waals surface area contributed by atoms with Gasteiger partial charge in [0.25, 0.3) is 0 Å². The molecule has 1 rings (SSSR count). The smallest absolute Gasteiger partial charge is 0.344 e. The predicted octanol–water partition coefficient (Wildman–Crippen LogP) is -0.526. The van der Waals surface area contributed by atoms with Crippen molar-refractivity contribution in [2.24, 2.45) is 5.11 Å². The van der Waals surface area contributed by atoms with E-state index in [0.717, 1.165) is 6.20 Å². The minimum Gasteiger partial charge on any atom is -0.390 e. The van der Waals surface area contributed by atoms with Crippen molar-refractivity contribution in [3.63, 3.8) is 0 Å². The first-order valence-corrected chi connectivity index (χ1v) is 4.06. The number of rotatable bonds is 4. The van der Waals surface area contributed by atoms with Crippen molar-refractivity contribution in [2.45, 2.75) is 12.2 Å². The zero-order valence-corrected chi connectivity index (χ0v) is 7.61. The first-order chi connectivity index (χ1) is 7.15. The third-order valence-electron chi connectivity index (χ3n) is 1.73. The fourth-order valence-electron chi connectivity index (χ4n) is 0.957. The van der Waals surface area contributed by atoms with Crippen LogP contribution < -0.4 is 5.69 Å². The molecule has 2 atom stereocenters. The van der Waals surface area contributed by atoms with Gasteiger partial charge in [-0.1, -0.05) is 5.11 Å². The third-order valence-corrected chi connectivity index (χ3v) is 1.73. The first kappa shape index (κ1) is 11.2. The molecule has 0 aromatic carbocycles. The molecule has 0 aliphatic rings. The van der Waals surface area contributed by atoms with Gasteiger partial charge >= 0.3 is 5.69 Å². The lowest BCUT2D eigenvalue weighted by molar-refractivity contribution is 0.0239. The molecule has 2 unspecified atom stereocenters. The Kier molecular flexibility index (Phi) is 3.81. The summed E-state index contributed by atoms with van der Waals surface area (Å²) < 4.78 is 0. The molecule has 80 valence electrons. The number of hydrogen-bond donors (Lipinski definition) is 3. The Morgan fingerprint density at radius 3 is 2.93 bits per heavy atom. The van der Waals surface area contributed by atoms with Gasteiger partial charge in [-0.05, 0) is 5.53 Å². The summed E-state index contributed by atoms with van der Waals surface area (Å²) in [7, 11) is 0. The number of nitrogens with one attached hydrogen (secondary N) is 1. The van der Waals surface area contributed by atoms with E-state index in [0.29, 0.717) is 0 Å². The molecule has 0 spiro atoms. The second-order valence-electron chi connectivity index (χ2n) is 2.78. The van der Waals surface area contributed by atoms with E-state index in [1.807, 2.05) is 0 Å². The van der Waals surface area contributed by atoms with Gasteiger partial charge in [0, 0.05) is 22.9 Å². The summed E-state index contributed by atoms with van der Waals surface area (Å²) in [6.45, 7) is -0.253. The van der Waals surface area contributed by atoms with Crippen molar-refractivity contribution in [3.8, 4) is 0 Å². The summed E-state index contributed by atoms with van der Waals surface area (Å²) >= 11 is 0. The molecule has 0 fully saturated rings. The van der Waals surface area contributed by atoms with E-state index >= 15 is 0 Å². The first-order valence-electron chi connectivity index (χ1n) is 4.06. The molecule has 0 aliphatic heterocycles. The number of nitrogens with zero attached hydrogens (tertiary/aromatic N) is 4. The van der Waals surface area contributed by atoms with Gasteiger partial charge in [-0.3, -0.25) is 0 Å². The lowest BCUT2D eigenvalue weighted by Crippen LogP contribution is -2.22. The molecule has 8 heteroatoms. The zero-order chi connectivity index (χ0) is 11.3. The van der Waals surface area contributed by atoms with E-state index in [2.05, 4.69) is 20.0 Å². The van der Waals surface area contributed by atoms with Crippen molar-refractivity contribution in [3.05, 3.63) is 38.9 Å². The van der Waals surface area contributed by atoms with Crippen LogP contribution in [0.1, 0.15) is 11.7 Å². The summed E-state index contributed by atoms with van der Waals surface area (Å²) in [6, 6.07) is 0. The molecule has 8 nitrogen and oxygen atoms in total. The molecule has 0 saturated heterocycles. The summed E-state index contributed by atoms with van der Waals surface area (Å²) in [4.78, 5) is 18.7. The molecule has 0 saturated carbocycles. The number of aliphatic hydroxyl groups excluding tert-OH is 2. The highest BCUT2D eigenvalue weighted by Crippen LogP contribution is 2.14. The van der Waals surface area contributed by atoms with Gasteiger partial charge in [0.15, 0.2) is 0 Å². The molecule has 0 aliphatic carbocycles. The van der Waals surface area contributed by atoms with Crippen molar-refractivity contribution in [1.29, 1.82) is 0 Å². The third kappa shape index (κ3) is 3.06. The van der Waals surface area contributed by atoms with E-state index in [1.165, 1.54) is 6.20 Å². The highest BCUT2D eigenvalue weighted by Gasteiger charge is 2.17. The Morgan fingerprint density at radius 1 is 1.67 bits per heavy atom. The molecule has 1 heterocycles. The van der Waals surface area contributed by atoms with Crippen LogP contribution in [-0.4, -0.2) is 32.8 Å². The number of aromatic amines is 1. The Bertz CT molecular complexity index is 404. The molecular weight excluding hydrogens is 202 g/mol. The molecule has 15 heavy (non-hydrogen) atoms. The van der Waals surface area contributed by atoms with E-state index < -0.39 is 17.9 Å². The van der Waals surface area contributed by atoms with E-state index in [-0.39, 0.29) is 12.1 Å². The van der Waals surface area contributed by atoms with Crippen LogP contribution in [0.5, 0.6) is 0 Å². The average molecular weight is 211 g/mol. The molecular formula is C7H9N5O3. The summed E-state index contributed by atoms with van der Waals surface area (Å²) in [5.74, 6) is 0. The van der Waals surface area contributed by atoms with Gasteiger partial charge < -0.3 is 15.2 Å².